The molecule has 0 aromatic rings. The van der Waals surface area contributed by atoms with Gasteiger partial charge in [-0.15, -0.1) is 6.61 Å². The molecule has 0 amide bonds. The van der Waals surface area contributed by atoms with Crippen LogP contribution in [-0.2, 0) is 0 Å². The number of quaternary nitrogens is 1. The van der Waals surface area contributed by atoms with Gasteiger partial charge in [0.15, 0.2) is 0 Å². The Morgan fingerprint density at radius 1 is 0.478 bits per heavy atom. The van der Waals surface area contributed by atoms with Crippen LogP contribution in [0, 0.1) is 0 Å². The molecule has 2 nitrogen and oxygen atoms in total. The van der Waals surface area contributed by atoms with Crippen molar-refractivity contribution in [2.45, 2.75) is 110 Å². The lowest BCUT2D eigenvalue weighted by Crippen LogP contribution is -3.02. The van der Waals surface area contributed by atoms with E-state index >= 15 is 0 Å². The van der Waals surface area contributed by atoms with Crippen LogP contribution >= 0.6 is 0 Å². The molecule has 2 heteroatoms. The van der Waals surface area contributed by atoms with Gasteiger partial charge in [-0.3, -0.25) is 0 Å². The van der Waals surface area contributed by atoms with E-state index in [2.05, 4.69) is 28.1 Å². The van der Waals surface area contributed by atoms with Gasteiger partial charge >= 0.3 is 0 Å². The molecule has 0 saturated carbocycles. The topological polar surface area (TPSA) is 27.5 Å². The highest BCUT2D eigenvalue weighted by Gasteiger charge is 1.93. The molecule has 0 spiro atoms. The van der Waals surface area contributed by atoms with Crippen molar-refractivity contribution >= 4 is 0 Å². The first-order valence-corrected chi connectivity index (χ1v) is 10.5. The van der Waals surface area contributed by atoms with Gasteiger partial charge in [0, 0.05) is 0 Å². The normalized spacial score (nSPS) is 10.7. The van der Waals surface area contributed by atoms with Crippen molar-refractivity contribution in [1.29, 1.82) is 0 Å². The van der Waals surface area contributed by atoms with Gasteiger partial charge in [-0.25, -0.2) is 0 Å². The fourth-order valence-corrected chi connectivity index (χ4v) is 2.65. The Kier molecular flexibility index (Phi) is 26.5. The minimum atomic E-state index is 0.123. The standard InChI is InChI=1S/C18H37O.C3H9N/c1-2-3-4-5-6-7-8-9-10-11-12-13-14-15-16-17-18-19;1-4(2)3/h2-18H2,1H3;1-3H3/q-1;/p+1. The molecule has 0 atom stereocenters. The molecule has 0 aliphatic carbocycles. The third-order valence-electron chi connectivity index (χ3n) is 4.00. The van der Waals surface area contributed by atoms with Crippen LogP contribution in [0.5, 0.6) is 0 Å². The maximum atomic E-state index is 10.3. The average Bonchev–Trinajstić information content (AvgIpc) is 2.50. The molecular formula is C21H47NO. The quantitative estimate of drug-likeness (QED) is 0.418. The highest BCUT2D eigenvalue weighted by Crippen LogP contribution is 2.13. The lowest BCUT2D eigenvalue weighted by atomic mass is 10.0. The van der Waals surface area contributed by atoms with Crippen LogP contribution < -0.4 is 10.0 Å². The molecule has 0 unspecified atom stereocenters. The van der Waals surface area contributed by atoms with Gasteiger partial charge in [-0.1, -0.05) is 110 Å². The van der Waals surface area contributed by atoms with Crippen LogP contribution in [0.2, 0.25) is 0 Å². The van der Waals surface area contributed by atoms with E-state index < -0.39 is 0 Å². The SMILES string of the molecule is CCCCCCCCCCCCCCCCCC[O-].C[NH+](C)C. The van der Waals surface area contributed by atoms with E-state index in [0.29, 0.717) is 0 Å². The first-order valence-electron chi connectivity index (χ1n) is 10.5. The van der Waals surface area contributed by atoms with Crippen molar-refractivity contribution in [1.82, 2.24) is 0 Å². The number of unbranched alkanes of at least 4 members (excludes halogenated alkanes) is 15. The van der Waals surface area contributed by atoms with E-state index in [-0.39, 0.29) is 6.61 Å². The maximum Gasteiger partial charge on any atom is 0.0661 e. The van der Waals surface area contributed by atoms with Gasteiger partial charge in [-0.2, -0.15) is 0 Å². The van der Waals surface area contributed by atoms with Crippen LogP contribution in [0.25, 0.3) is 0 Å². The summed E-state index contributed by atoms with van der Waals surface area (Å²) in [7, 11) is 6.25. The largest absolute Gasteiger partial charge is 0.854 e. The molecule has 0 aromatic carbocycles. The zero-order valence-corrected chi connectivity index (χ0v) is 16.9. The second kappa shape index (κ2) is 24.2. The number of hydrogen-bond acceptors (Lipinski definition) is 1. The molecule has 23 heavy (non-hydrogen) atoms. The second-order valence-corrected chi connectivity index (χ2v) is 7.51. The van der Waals surface area contributed by atoms with Crippen LogP contribution in [0.4, 0.5) is 0 Å². The van der Waals surface area contributed by atoms with Crippen LogP contribution in [0.3, 0.4) is 0 Å². The molecule has 0 radical (unpaired) electrons. The van der Waals surface area contributed by atoms with Crippen LogP contribution in [0.15, 0.2) is 0 Å². The van der Waals surface area contributed by atoms with E-state index in [1.54, 1.807) is 0 Å². The Labute approximate surface area is 148 Å². The Balaban J connectivity index is 0. The van der Waals surface area contributed by atoms with E-state index in [0.717, 1.165) is 12.8 Å². The fraction of sp³-hybridized carbons (Fsp3) is 1.00. The van der Waals surface area contributed by atoms with E-state index in [4.69, 9.17) is 0 Å². The molecular weight excluding hydrogens is 282 g/mol. The lowest BCUT2D eigenvalue weighted by molar-refractivity contribution is -0.836. The molecule has 0 rings (SSSR count). The highest BCUT2D eigenvalue weighted by atomic mass is 16.2. The minimum absolute atomic E-state index is 0.123. The average molecular weight is 330 g/mol. The van der Waals surface area contributed by atoms with Gasteiger partial charge in [0.1, 0.15) is 0 Å². The van der Waals surface area contributed by atoms with Crippen LogP contribution in [-0.4, -0.2) is 27.7 Å². The first kappa shape index (κ1) is 25.2. The number of hydrogen-bond donors (Lipinski definition) is 1. The third kappa shape index (κ3) is 34.3. The molecule has 142 valence electrons. The maximum absolute atomic E-state index is 10.3. The molecule has 0 aliphatic heterocycles. The monoisotopic (exact) mass is 329 g/mol. The van der Waals surface area contributed by atoms with Gasteiger partial charge in [-0.05, 0) is 0 Å². The summed E-state index contributed by atoms with van der Waals surface area (Å²) in [4.78, 5) is 1.42. The Morgan fingerprint density at radius 2 is 0.696 bits per heavy atom. The summed E-state index contributed by atoms with van der Waals surface area (Å²) in [6.07, 6.45) is 21.8. The Morgan fingerprint density at radius 3 is 0.913 bits per heavy atom. The van der Waals surface area contributed by atoms with Crippen molar-refractivity contribution < 1.29 is 10.0 Å². The molecule has 0 aliphatic rings. The van der Waals surface area contributed by atoms with Gasteiger partial charge in [0.05, 0.1) is 21.1 Å². The third-order valence-corrected chi connectivity index (χ3v) is 4.00. The minimum Gasteiger partial charge on any atom is -0.854 e. The van der Waals surface area contributed by atoms with Crippen molar-refractivity contribution in [3.8, 4) is 0 Å². The predicted octanol–water partition coefficient (Wildman–Crippen LogP) is 4.37. The molecule has 0 heterocycles. The summed E-state index contributed by atoms with van der Waals surface area (Å²) < 4.78 is 0. The summed E-state index contributed by atoms with van der Waals surface area (Å²) in [6.45, 7) is 2.41. The smallest absolute Gasteiger partial charge is 0.0661 e. The van der Waals surface area contributed by atoms with Gasteiger partial charge < -0.3 is 10.0 Å². The molecule has 0 saturated heterocycles. The molecule has 0 fully saturated rings. The molecule has 0 bridgehead atoms. The fourth-order valence-electron chi connectivity index (χ4n) is 2.65. The molecule has 0 aromatic heterocycles. The second-order valence-electron chi connectivity index (χ2n) is 7.51. The van der Waals surface area contributed by atoms with Crippen molar-refractivity contribution in [3.05, 3.63) is 0 Å². The van der Waals surface area contributed by atoms with Gasteiger partial charge in [0.2, 0.25) is 0 Å². The van der Waals surface area contributed by atoms with Crippen molar-refractivity contribution in [3.63, 3.8) is 0 Å². The lowest BCUT2D eigenvalue weighted by Gasteiger charge is -2.04. The molecule has 1 N–H and O–H groups in total. The zero-order valence-electron chi connectivity index (χ0n) is 16.9. The van der Waals surface area contributed by atoms with E-state index in [1.807, 2.05) is 0 Å². The summed E-state index contributed by atoms with van der Waals surface area (Å²) in [5.74, 6) is 0. The zero-order chi connectivity index (χ0) is 17.6. The summed E-state index contributed by atoms with van der Waals surface area (Å²) in [5, 5.41) is 10.3. The Bertz CT molecular complexity index is 164. The van der Waals surface area contributed by atoms with Crippen molar-refractivity contribution in [2.75, 3.05) is 27.7 Å². The highest BCUT2D eigenvalue weighted by molar-refractivity contribution is 4.49. The van der Waals surface area contributed by atoms with Crippen LogP contribution in [0.1, 0.15) is 110 Å². The van der Waals surface area contributed by atoms with Crippen molar-refractivity contribution in [2.24, 2.45) is 0 Å². The van der Waals surface area contributed by atoms with E-state index in [1.165, 1.54) is 94.8 Å². The number of rotatable bonds is 16. The predicted molar refractivity (Wildman–Crippen MR) is 103 cm³/mol. The summed E-state index contributed by atoms with van der Waals surface area (Å²) >= 11 is 0. The Hall–Kier alpha value is -0.0800. The number of nitrogens with one attached hydrogen (secondary N) is 1. The van der Waals surface area contributed by atoms with E-state index in [9.17, 15) is 5.11 Å². The summed E-state index contributed by atoms with van der Waals surface area (Å²) in [5.41, 5.74) is 0. The van der Waals surface area contributed by atoms with Gasteiger partial charge in [0.25, 0.3) is 0 Å². The summed E-state index contributed by atoms with van der Waals surface area (Å²) in [6, 6.07) is 0. The first-order chi connectivity index (χ1) is 11.1.